The first-order valence-electron chi connectivity index (χ1n) is 4.89. The van der Waals surface area contributed by atoms with Gasteiger partial charge in [0.05, 0.1) is 18.2 Å². The molecule has 0 aromatic rings. The SMILES string of the molecule is N#CCCCCN1CCCC1C#N. The second kappa shape index (κ2) is 5.56. The Morgan fingerprint density at radius 3 is 2.85 bits per heavy atom. The largest absolute Gasteiger partial charge is 0.288 e. The van der Waals surface area contributed by atoms with Crippen LogP contribution in [0.3, 0.4) is 0 Å². The van der Waals surface area contributed by atoms with Crippen molar-refractivity contribution >= 4 is 0 Å². The first kappa shape index (κ1) is 10.0. The van der Waals surface area contributed by atoms with E-state index in [2.05, 4.69) is 17.0 Å². The number of unbranched alkanes of at least 4 members (excludes halogenated alkanes) is 2. The smallest absolute Gasteiger partial charge is 0.0978 e. The first-order chi connectivity index (χ1) is 6.38. The summed E-state index contributed by atoms with van der Waals surface area (Å²) in [5.41, 5.74) is 0. The average Bonchev–Trinajstić information content (AvgIpc) is 2.60. The van der Waals surface area contributed by atoms with Crippen LogP contribution in [0.5, 0.6) is 0 Å². The number of nitrogens with zero attached hydrogens (tertiary/aromatic N) is 3. The molecule has 0 amide bonds. The van der Waals surface area contributed by atoms with E-state index in [0.717, 1.165) is 38.8 Å². The van der Waals surface area contributed by atoms with Crippen molar-refractivity contribution in [2.24, 2.45) is 0 Å². The van der Waals surface area contributed by atoms with Crippen molar-refractivity contribution in [1.29, 1.82) is 10.5 Å². The minimum Gasteiger partial charge on any atom is -0.288 e. The van der Waals surface area contributed by atoms with E-state index < -0.39 is 0 Å². The Hall–Kier alpha value is -1.06. The van der Waals surface area contributed by atoms with Crippen LogP contribution in [0.2, 0.25) is 0 Å². The molecule has 1 aliphatic rings. The second-order valence-corrected chi connectivity index (χ2v) is 3.44. The zero-order valence-corrected chi connectivity index (χ0v) is 7.87. The molecule has 1 aliphatic heterocycles. The van der Waals surface area contributed by atoms with Crippen molar-refractivity contribution in [3.05, 3.63) is 0 Å². The summed E-state index contributed by atoms with van der Waals surface area (Å²) in [5.74, 6) is 0. The molecule has 1 rings (SSSR count). The molecule has 0 radical (unpaired) electrons. The van der Waals surface area contributed by atoms with Crippen LogP contribution in [0.25, 0.3) is 0 Å². The van der Waals surface area contributed by atoms with E-state index in [1.807, 2.05) is 0 Å². The van der Waals surface area contributed by atoms with Crippen LogP contribution in [0.15, 0.2) is 0 Å². The fraction of sp³-hybridized carbons (Fsp3) is 0.800. The van der Waals surface area contributed by atoms with Gasteiger partial charge in [-0.1, -0.05) is 0 Å². The predicted octanol–water partition coefficient (Wildman–Crippen LogP) is 1.67. The summed E-state index contributed by atoms with van der Waals surface area (Å²) in [4.78, 5) is 2.23. The molecule has 0 saturated carbocycles. The van der Waals surface area contributed by atoms with E-state index >= 15 is 0 Å². The van der Waals surface area contributed by atoms with Crippen molar-refractivity contribution in [2.45, 2.75) is 38.1 Å². The van der Waals surface area contributed by atoms with Gasteiger partial charge >= 0.3 is 0 Å². The van der Waals surface area contributed by atoms with E-state index in [1.54, 1.807) is 0 Å². The van der Waals surface area contributed by atoms with Gasteiger partial charge in [-0.05, 0) is 38.8 Å². The fourth-order valence-corrected chi connectivity index (χ4v) is 1.76. The minimum absolute atomic E-state index is 0.141. The maximum atomic E-state index is 8.80. The summed E-state index contributed by atoms with van der Waals surface area (Å²) in [7, 11) is 0. The standard InChI is InChI=1S/C10H15N3/c11-6-2-1-3-7-13-8-4-5-10(13)9-12/h10H,1-5,7-8H2. The molecule has 0 aromatic carbocycles. The van der Waals surface area contributed by atoms with Crippen LogP contribution in [-0.2, 0) is 0 Å². The summed E-state index contributed by atoms with van der Waals surface area (Å²) in [5, 5.41) is 17.1. The molecule has 0 spiro atoms. The van der Waals surface area contributed by atoms with Gasteiger partial charge in [-0.25, -0.2) is 0 Å². The Morgan fingerprint density at radius 1 is 1.31 bits per heavy atom. The van der Waals surface area contributed by atoms with Crippen LogP contribution >= 0.6 is 0 Å². The molecule has 1 atom stereocenters. The van der Waals surface area contributed by atoms with Crippen LogP contribution in [0, 0.1) is 22.7 Å². The van der Waals surface area contributed by atoms with Crippen molar-refractivity contribution in [2.75, 3.05) is 13.1 Å². The highest BCUT2D eigenvalue weighted by Gasteiger charge is 2.22. The fourth-order valence-electron chi connectivity index (χ4n) is 1.76. The van der Waals surface area contributed by atoms with Crippen molar-refractivity contribution in [3.63, 3.8) is 0 Å². The van der Waals surface area contributed by atoms with Gasteiger partial charge in [-0.15, -0.1) is 0 Å². The normalized spacial score (nSPS) is 22.5. The highest BCUT2D eigenvalue weighted by Crippen LogP contribution is 2.16. The third kappa shape index (κ3) is 3.05. The molecule has 1 fully saturated rings. The maximum Gasteiger partial charge on any atom is 0.0978 e. The highest BCUT2D eigenvalue weighted by atomic mass is 15.2. The van der Waals surface area contributed by atoms with Gasteiger partial charge in [-0.2, -0.15) is 10.5 Å². The molecule has 1 unspecified atom stereocenters. The molecule has 1 saturated heterocycles. The van der Waals surface area contributed by atoms with Gasteiger partial charge < -0.3 is 0 Å². The summed E-state index contributed by atoms with van der Waals surface area (Å²) >= 11 is 0. The van der Waals surface area contributed by atoms with Crippen LogP contribution in [0.1, 0.15) is 32.1 Å². The highest BCUT2D eigenvalue weighted by molar-refractivity contribution is 4.95. The molecular formula is C10H15N3. The van der Waals surface area contributed by atoms with Gasteiger partial charge in [0.1, 0.15) is 0 Å². The molecule has 1 heterocycles. The van der Waals surface area contributed by atoms with Crippen molar-refractivity contribution < 1.29 is 0 Å². The lowest BCUT2D eigenvalue weighted by Gasteiger charge is -2.17. The zero-order chi connectivity index (χ0) is 9.52. The number of rotatable bonds is 4. The molecule has 13 heavy (non-hydrogen) atoms. The molecule has 0 N–H and O–H groups in total. The molecule has 3 nitrogen and oxygen atoms in total. The predicted molar refractivity (Wildman–Crippen MR) is 49.7 cm³/mol. The number of nitriles is 2. The Morgan fingerprint density at radius 2 is 2.15 bits per heavy atom. The topological polar surface area (TPSA) is 50.8 Å². The Bertz CT molecular complexity index is 223. The molecule has 3 heteroatoms. The minimum atomic E-state index is 0.141. The first-order valence-corrected chi connectivity index (χ1v) is 4.89. The van der Waals surface area contributed by atoms with Crippen LogP contribution in [-0.4, -0.2) is 24.0 Å². The van der Waals surface area contributed by atoms with Crippen molar-refractivity contribution in [3.8, 4) is 12.1 Å². The van der Waals surface area contributed by atoms with E-state index in [9.17, 15) is 0 Å². The van der Waals surface area contributed by atoms with Gasteiger partial charge in [0.2, 0.25) is 0 Å². The summed E-state index contributed by atoms with van der Waals surface area (Å²) in [6, 6.07) is 4.59. The van der Waals surface area contributed by atoms with E-state index in [1.165, 1.54) is 0 Å². The second-order valence-electron chi connectivity index (χ2n) is 3.44. The lowest BCUT2D eigenvalue weighted by Crippen LogP contribution is -2.28. The zero-order valence-electron chi connectivity index (χ0n) is 7.87. The monoisotopic (exact) mass is 177 g/mol. The Labute approximate surface area is 79.6 Å². The van der Waals surface area contributed by atoms with Crippen LogP contribution in [0.4, 0.5) is 0 Å². The van der Waals surface area contributed by atoms with Gasteiger partial charge in [-0.3, -0.25) is 4.90 Å². The number of likely N-dealkylation sites (tertiary alicyclic amines) is 1. The quantitative estimate of drug-likeness (QED) is 0.614. The van der Waals surface area contributed by atoms with Crippen LogP contribution < -0.4 is 0 Å². The van der Waals surface area contributed by atoms with Crippen molar-refractivity contribution in [1.82, 2.24) is 4.90 Å². The third-order valence-electron chi connectivity index (χ3n) is 2.50. The lowest BCUT2D eigenvalue weighted by atomic mass is 10.2. The summed E-state index contributed by atoms with van der Waals surface area (Å²) in [6.45, 7) is 2.05. The van der Waals surface area contributed by atoms with Gasteiger partial charge in [0, 0.05) is 6.42 Å². The number of hydrogen-bond donors (Lipinski definition) is 0. The summed E-state index contributed by atoms with van der Waals surface area (Å²) < 4.78 is 0. The number of hydrogen-bond acceptors (Lipinski definition) is 3. The molecular weight excluding hydrogens is 162 g/mol. The average molecular weight is 177 g/mol. The Balaban J connectivity index is 2.14. The summed E-state index contributed by atoms with van der Waals surface area (Å²) in [6.07, 6.45) is 4.83. The lowest BCUT2D eigenvalue weighted by molar-refractivity contribution is 0.288. The molecule has 0 aliphatic carbocycles. The van der Waals surface area contributed by atoms with E-state index in [-0.39, 0.29) is 6.04 Å². The Kier molecular flexibility index (Phi) is 4.29. The molecule has 70 valence electrons. The van der Waals surface area contributed by atoms with Gasteiger partial charge in [0.15, 0.2) is 0 Å². The van der Waals surface area contributed by atoms with E-state index in [4.69, 9.17) is 10.5 Å². The molecule has 0 bridgehead atoms. The van der Waals surface area contributed by atoms with E-state index in [0.29, 0.717) is 6.42 Å². The molecule has 0 aromatic heterocycles. The van der Waals surface area contributed by atoms with Gasteiger partial charge in [0.25, 0.3) is 0 Å². The maximum absolute atomic E-state index is 8.80. The third-order valence-corrected chi connectivity index (χ3v) is 2.50.